The van der Waals surface area contributed by atoms with Gasteiger partial charge in [0.05, 0.1) is 6.16 Å². The Labute approximate surface area is 200 Å². The number of unbranched alkanes of at least 4 members (excludes halogenated alkanes) is 6. The summed E-state index contributed by atoms with van der Waals surface area (Å²) in [7, 11) is -4.27. The van der Waals surface area contributed by atoms with Gasteiger partial charge in [-0.1, -0.05) is 82.3 Å². The van der Waals surface area contributed by atoms with Crippen LogP contribution < -0.4 is 10.6 Å². The predicted molar refractivity (Wildman–Crippen MR) is 132 cm³/mol. The van der Waals surface area contributed by atoms with Crippen molar-refractivity contribution >= 4 is 17.9 Å². The molecule has 0 radical (unpaired) electrons. The van der Waals surface area contributed by atoms with Gasteiger partial charge < -0.3 is 0 Å². The molecule has 0 spiro atoms. The molecule has 0 saturated heterocycles. The summed E-state index contributed by atoms with van der Waals surface area (Å²) < 4.78 is 93.3. The Morgan fingerprint density at radius 2 is 1.03 bits per heavy atom. The molecule has 0 saturated carbocycles. The third-order valence-electron chi connectivity index (χ3n) is 6.40. The van der Waals surface area contributed by atoms with Crippen molar-refractivity contribution in [3.63, 3.8) is 0 Å². The summed E-state index contributed by atoms with van der Waals surface area (Å²) in [4.78, 5) is 0. The lowest BCUT2D eigenvalue weighted by Crippen LogP contribution is -2.58. The van der Waals surface area contributed by atoms with Crippen LogP contribution in [0.3, 0.4) is 0 Å². The van der Waals surface area contributed by atoms with E-state index >= 15 is 17.6 Å². The highest BCUT2D eigenvalue weighted by Crippen LogP contribution is 2.75. The van der Waals surface area contributed by atoms with Gasteiger partial charge in [0.15, 0.2) is 7.26 Å². The highest BCUT2D eigenvalue weighted by atomic mass is 31.2. The van der Waals surface area contributed by atoms with Crippen LogP contribution in [0.25, 0.3) is 0 Å². The lowest BCUT2D eigenvalue weighted by Gasteiger charge is -2.40. The molecule has 0 fully saturated rings. The molecule has 0 amide bonds. The van der Waals surface area contributed by atoms with E-state index in [1.54, 1.807) is 12.1 Å². The molecule has 2 aromatic rings. The Bertz CT molecular complexity index is 799. The van der Waals surface area contributed by atoms with Gasteiger partial charge in [0, 0.05) is 6.42 Å². The fourth-order valence-corrected chi connectivity index (χ4v) is 8.85. The monoisotopic (exact) mass is 505 g/mol. The van der Waals surface area contributed by atoms with Crippen LogP contribution in [-0.4, -0.2) is 23.7 Å². The van der Waals surface area contributed by atoms with E-state index in [1.165, 1.54) is 48.5 Å². The average molecular weight is 506 g/mol. The zero-order chi connectivity index (χ0) is 25.3. The average Bonchev–Trinajstić information content (AvgIpc) is 2.83. The van der Waals surface area contributed by atoms with Gasteiger partial charge in [0.25, 0.3) is 0 Å². The third kappa shape index (κ3) is 5.80. The number of hydrogen-bond acceptors (Lipinski definition) is 0. The number of rotatable bonds is 15. The van der Waals surface area contributed by atoms with Gasteiger partial charge >= 0.3 is 17.5 Å². The summed E-state index contributed by atoms with van der Waals surface area (Å²) >= 11 is 0. The number of hydrogen-bond donors (Lipinski definition) is 0. The second-order valence-electron chi connectivity index (χ2n) is 8.90. The standard InChI is InChI=1S/C27H36F6P/c1-3-5-7-15-21-25(28,29)26(30,31)27(32,33)34(22-16-8-6-4-2,23-17-11-9-12-18-23)24-19-13-10-14-20-24/h9-14,17-20H,3-8,15-16,21-22H2,1-2H3/q+1. The van der Waals surface area contributed by atoms with E-state index in [0.29, 0.717) is 19.3 Å². The molecular weight excluding hydrogens is 469 g/mol. The van der Waals surface area contributed by atoms with Crippen molar-refractivity contribution < 1.29 is 26.3 Å². The minimum absolute atomic E-state index is 0.0316. The van der Waals surface area contributed by atoms with Crippen molar-refractivity contribution in [2.45, 2.75) is 89.1 Å². The normalized spacial score (nSPS) is 13.3. The maximum Gasteiger partial charge on any atom is 0.431 e. The van der Waals surface area contributed by atoms with E-state index in [4.69, 9.17) is 0 Å². The maximum atomic E-state index is 16.3. The smallest absolute Gasteiger partial charge is 0.199 e. The van der Waals surface area contributed by atoms with Crippen molar-refractivity contribution in [1.29, 1.82) is 0 Å². The number of alkyl halides is 6. The van der Waals surface area contributed by atoms with Crippen molar-refractivity contribution in [2.75, 3.05) is 6.16 Å². The molecule has 0 aromatic heterocycles. The van der Waals surface area contributed by atoms with E-state index in [9.17, 15) is 8.78 Å². The van der Waals surface area contributed by atoms with Gasteiger partial charge in [0.2, 0.25) is 0 Å². The van der Waals surface area contributed by atoms with Crippen LogP contribution in [0.5, 0.6) is 0 Å². The number of benzene rings is 2. The van der Waals surface area contributed by atoms with Gasteiger partial charge in [-0.05, 0) is 43.5 Å². The molecule has 0 aliphatic carbocycles. The molecule has 0 N–H and O–H groups in total. The molecule has 0 nitrogen and oxygen atoms in total. The molecule has 0 heterocycles. The van der Waals surface area contributed by atoms with E-state index in [0.717, 1.165) is 19.3 Å². The molecule has 0 atom stereocenters. The largest absolute Gasteiger partial charge is 0.431 e. The fraction of sp³-hybridized carbons (Fsp3) is 0.556. The zero-order valence-electron chi connectivity index (χ0n) is 20.1. The van der Waals surface area contributed by atoms with Crippen molar-refractivity contribution in [1.82, 2.24) is 0 Å². The van der Waals surface area contributed by atoms with Crippen molar-refractivity contribution in [2.24, 2.45) is 0 Å². The first-order valence-corrected chi connectivity index (χ1v) is 14.2. The molecule has 7 heteroatoms. The highest BCUT2D eigenvalue weighted by Gasteiger charge is 2.83. The maximum absolute atomic E-state index is 16.3. The van der Waals surface area contributed by atoms with Gasteiger partial charge in [-0.3, -0.25) is 0 Å². The van der Waals surface area contributed by atoms with Crippen LogP contribution in [0.4, 0.5) is 26.3 Å². The van der Waals surface area contributed by atoms with E-state index in [1.807, 2.05) is 13.8 Å². The van der Waals surface area contributed by atoms with Gasteiger partial charge in [-0.2, -0.15) is 26.3 Å². The van der Waals surface area contributed by atoms with E-state index in [-0.39, 0.29) is 29.6 Å². The van der Waals surface area contributed by atoms with Crippen molar-refractivity contribution in [3.8, 4) is 0 Å². The first-order chi connectivity index (χ1) is 16.1. The highest BCUT2D eigenvalue weighted by molar-refractivity contribution is 7.90. The van der Waals surface area contributed by atoms with E-state index in [2.05, 4.69) is 0 Å². The van der Waals surface area contributed by atoms with E-state index < -0.39 is 31.2 Å². The first-order valence-electron chi connectivity index (χ1n) is 12.2. The van der Waals surface area contributed by atoms with Crippen LogP contribution in [0.15, 0.2) is 60.7 Å². The summed E-state index contributed by atoms with van der Waals surface area (Å²) in [5, 5.41) is 0.0633. The molecular formula is C27H36F6P+. The predicted octanol–water partition coefficient (Wildman–Crippen LogP) is 9.07. The lowest BCUT2D eigenvalue weighted by atomic mass is 10.0. The summed E-state index contributed by atoms with van der Waals surface area (Å²) in [6.45, 7) is 3.82. The first kappa shape index (κ1) is 28.7. The van der Waals surface area contributed by atoms with Crippen LogP contribution in [0.1, 0.15) is 71.6 Å². The van der Waals surface area contributed by atoms with Crippen LogP contribution in [0, 0.1) is 0 Å². The molecule has 2 aromatic carbocycles. The minimum Gasteiger partial charge on any atom is -0.199 e. The van der Waals surface area contributed by atoms with Crippen LogP contribution >= 0.6 is 7.26 Å². The summed E-state index contributed by atoms with van der Waals surface area (Å²) in [6.07, 6.45) is 2.35. The molecule has 0 aliphatic heterocycles. The number of halogens is 6. The lowest BCUT2D eigenvalue weighted by molar-refractivity contribution is -0.281. The quantitative estimate of drug-likeness (QED) is 0.129. The topological polar surface area (TPSA) is 0 Å². The molecule has 190 valence electrons. The third-order valence-corrected chi connectivity index (χ3v) is 11.0. The minimum atomic E-state index is -5.49. The van der Waals surface area contributed by atoms with Crippen LogP contribution in [-0.2, 0) is 0 Å². The molecule has 2 rings (SSSR count). The van der Waals surface area contributed by atoms with Gasteiger partial charge in [-0.25, -0.2) is 0 Å². The van der Waals surface area contributed by atoms with Gasteiger partial charge in [-0.15, -0.1) is 0 Å². The van der Waals surface area contributed by atoms with Crippen molar-refractivity contribution in [3.05, 3.63) is 60.7 Å². The second kappa shape index (κ2) is 12.4. The zero-order valence-corrected chi connectivity index (χ0v) is 21.0. The Morgan fingerprint density at radius 1 is 0.588 bits per heavy atom. The molecule has 0 bridgehead atoms. The SMILES string of the molecule is CCCCCCC(F)(F)C(F)(F)C(F)(F)[P+](CCCCCC)(c1ccccc1)c1ccccc1. The van der Waals surface area contributed by atoms with Crippen LogP contribution in [0.2, 0.25) is 0 Å². The molecule has 0 aliphatic rings. The molecule has 0 unspecified atom stereocenters. The summed E-state index contributed by atoms with van der Waals surface area (Å²) in [6, 6.07) is 14.8. The molecule has 34 heavy (non-hydrogen) atoms. The summed E-state index contributed by atoms with van der Waals surface area (Å²) in [5.74, 6) is -10.3. The second-order valence-corrected chi connectivity index (χ2v) is 12.6. The Hall–Kier alpha value is -1.55. The summed E-state index contributed by atoms with van der Waals surface area (Å²) in [5.41, 5.74) is -4.93. The Morgan fingerprint density at radius 3 is 1.47 bits per heavy atom. The Kier molecular flexibility index (Phi) is 10.5. The Balaban J connectivity index is 2.65. The fourth-order valence-electron chi connectivity index (χ4n) is 4.40. The van der Waals surface area contributed by atoms with Gasteiger partial charge in [0.1, 0.15) is 10.6 Å².